The van der Waals surface area contributed by atoms with E-state index in [1.807, 2.05) is 30.3 Å². The molecule has 78 valence electrons. The van der Waals surface area contributed by atoms with Gasteiger partial charge in [-0.05, 0) is 22.4 Å². The van der Waals surface area contributed by atoms with Crippen molar-refractivity contribution in [2.24, 2.45) is 0 Å². The summed E-state index contributed by atoms with van der Waals surface area (Å²) in [6, 6.07) is 11.3. The minimum absolute atomic E-state index is 0.0408. The van der Waals surface area contributed by atoms with Crippen molar-refractivity contribution in [1.82, 2.24) is 0 Å². The van der Waals surface area contributed by atoms with Crippen LogP contribution in [0.4, 0.5) is 0 Å². The van der Waals surface area contributed by atoms with Gasteiger partial charge in [0.15, 0.2) is 0 Å². The summed E-state index contributed by atoms with van der Waals surface area (Å²) in [6.45, 7) is 0. The molecule has 0 fully saturated rings. The minimum atomic E-state index is -0.868. The first-order chi connectivity index (χ1) is 7.72. The van der Waals surface area contributed by atoms with Crippen LogP contribution < -0.4 is 0 Å². The number of rotatable bonds is 2. The fraction of sp³-hybridized carbons (Fsp3) is 0.0714. The van der Waals surface area contributed by atoms with Crippen molar-refractivity contribution in [3.05, 3.63) is 47.5 Å². The van der Waals surface area contributed by atoms with Crippen LogP contribution in [0.25, 0.3) is 10.8 Å². The molecular weight excluding hydrogens is 200 g/mol. The first-order valence-electron chi connectivity index (χ1n) is 4.91. The van der Waals surface area contributed by atoms with Crippen LogP contribution >= 0.6 is 0 Å². The number of carboxylic acid groups (broad SMARTS) is 1. The standard InChI is InChI=1S/C14H10O2/c1-2-10-7-8-11-5-3-4-6-12(11)13(10)9-14(15)16/h1,3-8H,9H2,(H,15,16). The number of carboxylic acids is 1. The zero-order valence-electron chi connectivity index (χ0n) is 8.60. The Kier molecular flexibility index (Phi) is 2.61. The predicted molar refractivity (Wildman–Crippen MR) is 63.2 cm³/mol. The van der Waals surface area contributed by atoms with Crippen LogP contribution in [0.5, 0.6) is 0 Å². The molecule has 0 unspecified atom stereocenters. The van der Waals surface area contributed by atoms with Gasteiger partial charge in [0.2, 0.25) is 0 Å². The highest BCUT2D eigenvalue weighted by atomic mass is 16.4. The summed E-state index contributed by atoms with van der Waals surface area (Å²) < 4.78 is 0. The zero-order chi connectivity index (χ0) is 11.5. The molecule has 0 saturated heterocycles. The number of terminal acetylenes is 1. The topological polar surface area (TPSA) is 37.3 Å². The maximum absolute atomic E-state index is 10.8. The van der Waals surface area contributed by atoms with Crippen LogP contribution in [-0.2, 0) is 11.2 Å². The molecule has 0 aliphatic rings. The van der Waals surface area contributed by atoms with Gasteiger partial charge in [-0.2, -0.15) is 0 Å². The Bertz CT molecular complexity index is 591. The van der Waals surface area contributed by atoms with Gasteiger partial charge in [-0.15, -0.1) is 6.42 Å². The molecule has 0 aliphatic heterocycles. The van der Waals surface area contributed by atoms with Crippen LogP contribution in [0.15, 0.2) is 36.4 Å². The van der Waals surface area contributed by atoms with Crippen molar-refractivity contribution in [2.45, 2.75) is 6.42 Å². The van der Waals surface area contributed by atoms with E-state index in [4.69, 9.17) is 11.5 Å². The van der Waals surface area contributed by atoms with E-state index in [1.54, 1.807) is 6.07 Å². The van der Waals surface area contributed by atoms with Crippen LogP contribution in [0.3, 0.4) is 0 Å². The maximum atomic E-state index is 10.8. The number of hydrogen-bond acceptors (Lipinski definition) is 1. The third-order valence-electron chi connectivity index (χ3n) is 2.52. The molecular formula is C14H10O2. The number of aliphatic carboxylic acids is 1. The lowest BCUT2D eigenvalue weighted by molar-refractivity contribution is -0.136. The lowest BCUT2D eigenvalue weighted by Gasteiger charge is -2.07. The quantitative estimate of drug-likeness (QED) is 0.773. The van der Waals surface area contributed by atoms with Crippen molar-refractivity contribution < 1.29 is 9.90 Å². The summed E-state index contributed by atoms with van der Waals surface area (Å²) in [5, 5.41) is 10.8. The Labute approximate surface area is 93.5 Å². The largest absolute Gasteiger partial charge is 0.481 e. The molecule has 16 heavy (non-hydrogen) atoms. The normalized spacial score (nSPS) is 9.94. The maximum Gasteiger partial charge on any atom is 0.307 e. The second-order valence-corrected chi connectivity index (χ2v) is 3.53. The van der Waals surface area contributed by atoms with Crippen molar-refractivity contribution in [2.75, 3.05) is 0 Å². The Morgan fingerprint density at radius 3 is 2.69 bits per heavy atom. The van der Waals surface area contributed by atoms with Gasteiger partial charge in [0, 0.05) is 5.56 Å². The van der Waals surface area contributed by atoms with Gasteiger partial charge in [-0.1, -0.05) is 36.3 Å². The van der Waals surface area contributed by atoms with Crippen molar-refractivity contribution in [1.29, 1.82) is 0 Å². The number of fused-ring (bicyclic) bond motifs is 1. The molecule has 0 aromatic heterocycles. The van der Waals surface area contributed by atoms with Gasteiger partial charge in [0.1, 0.15) is 0 Å². The summed E-state index contributed by atoms with van der Waals surface area (Å²) in [5.74, 6) is 1.66. The van der Waals surface area contributed by atoms with E-state index in [9.17, 15) is 4.79 Å². The fourth-order valence-corrected chi connectivity index (χ4v) is 1.81. The average molecular weight is 210 g/mol. The van der Waals surface area contributed by atoms with Crippen molar-refractivity contribution in [3.63, 3.8) is 0 Å². The summed E-state index contributed by atoms with van der Waals surface area (Å²) >= 11 is 0. The molecule has 0 atom stereocenters. The second-order valence-electron chi connectivity index (χ2n) is 3.53. The highest BCUT2D eigenvalue weighted by Gasteiger charge is 2.09. The molecule has 2 rings (SSSR count). The predicted octanol–water partition coefficient (Wildman–Crippen LogP) is 2.45. The number of hydrogen-bond donors (Lipinski definition) is 1. The molecule has 1 N–H and O–H groups in total. The fourth-order valence-electron chi connectivity index (χ4n) is 1.81. The highest BCUT2D eigenvalue weighted by molar-refractivity contribution is 5.90. The van der Waals surface area contributed by atoms with Crippen LogP contribution in [-0.4, -0.2) is 11.1 Å². The van der Waals surface area contributed by atoms with Crippen molar-refractivity contribution in [3.8, 4) is 12.3 Å². The third kappa shape index (κ3) is 1.76. The molecule has 2 aromatic carbocycles. The number of carbonyl (C=O) groups is 1. The van der Waals surface area contributed by atoms with Crippen LogP contribution in [0.2, 0.25) is 0 Å². The molecule has 0 amide bonds. The number of benzene rings is 2. The lowest BCUT2D eigenvalue weighted by Crippen LogP contribution is -2.03. The Morgan fingerprint density at radius 1 is 1.25 bits per heavy atom. The van der Waals surface area contributed by atoms with E-state index in [0.717, 1.165) is 10.8 Å². The second kappa shape index (κ2) is 4.08. The summed E-state index contributed by atoms with van der Waals surface area (Å²) in [5.41, 5.74) is 1.37. The molecule has 0 aliphatic carbocycles. The van der Waals surface area contributed by atoms with Gasteiger partial charge in [-0.25, -0.2) is 0 Å². The van der Waals surface area contributed by atoms with Gasteiger partial charge < -0.3 is 5.11 Å². The lowest BCUT2D eigenvalue weighted by atomic mass is 9.97. The molecule has 0 saturated carbocycles. The van der Waals surface area contributed by atoms with Gasteiger partial charge >= 0.3 is 5.97 Å². The van der Waals surface area contributed by atoms with E-state index < -0.39 is 5.97 Å². The summed E-state index contributed by atoms with van der Waals surface area (Å²) in [7, 11) is 0. The van der Waals surface area contributed by atoms with Gasteiger partial charge in [0.25, 0.3) is 0 Å². The van der Waals surface area contributed by atoms with Gasteiger partial charge in [0.05, 0.1) is 6.42 Å². The smallest absolute Gasteiger partial charge is 0.307 e. The molecule has 0 radical (unpaired) electrons. The Balaban J connectivity index is 2.74. The molecule has 2 nitrogen and oxygen atoms in total. The van der Waals surface area contributed by atoms with Crippen molar-refractivity contribution >= 4 is 16.7 Å². The molecule has 2 aromatic rings. The van der Waals surface area contributed by atoms with Crippen LogP contribution in [0.1, 0.15) is 11.1 Å². The highest BCUT2D eigenvalue weighted by Crippen LogP contribution is 2.22. The Morgan fingerprint density at radius 2 is 2.00 bits per heavy atom. The summed E-state index contributed by atoms with van der Waals surface area (Å²) in [4.78, 5) is 10.8. The minimum Gasteiger partial charge on any atom is -0.481 e. The zero-order valence-corrected chi connectivity index (χ0v) is 8.60. The van der Waals surface area contributed by atoms with E-state index in [-0.39, 0.29) is 6.42 Å². The SMILES string of the molecule is C#Cc1ccc2ccccc2c1CC(=O)O. The molecule has 0 heterocycles. The average Bonchev–Trinajstić information content (AvgIpc) is 2.29. The first-order valence-corrected chi connectivity index (χ1v) is 4.91. The van der Waals surface area contributed by atoms with E-state index >= 15 is 0 Å². The first kappa shape index (κ1) is 10.3. The van der Waals surface area contributed by atoms with E-state index in [1.165, 1.54) is 0 Å². The van der Waals surface area contributed by atoms with Crippen LogP contribution in [0, 0.1) is 12.3 Å². The van der Waals surface area contributed by atoms with Gasteiger partial charge in [-0.3, -0.25) is 4.79 Å². The van der Waals surface area contributed by atoms with E-state index in [0.29, 0.717) is 11.1 Å². The van der Waals surface area contributed by atoms with E-state index in [2.05, 4.69) is 5.92 Å². The molecule has 0 bridgehead atoms. The Hall–Kier alpha value is -2.27. The monoisotopic (exact) mass is 210 g/mol. The molecule has 2 heteroatoms. The third-order valence-corrected chi connectivity index (χ3v) is 2.52. The molecule has 0 spiro atoms. The summed E-state index contributed by atoms with van der Waals surface area (Å²) in [6.07, 6.45) is 5.33.